The topological polar surface area (TPSA) is 24.5 Å². The standard InChI is InChI=1S/C11H22N2OS/c1-12-11(9-3-5-14-7-9)10-8-15-6-4-13(10)2/h9-12H,3-8H2,1-2H3. The van der Waals surface area contributed by atoms with E-state index in [1.807, 2.05) is 0 Å². The van der Waals surface area contributed by atoms with Gasteiger partial charge in [0.2, 0.25) is 0 Å². The molecule has 2 rings (SSSR count). The van der Waals surface area contributed by atoms with Crippen LogP contribution in [0, 0.1) is 5.92 Å². The predicted octanol–water partition coefficient (Wildman–Crippen LogP) is 0.658. The molecule has 2 aliphatic heterocycles. The van der Waals surface area contributed by atoms with Gasteiger partial charge < -0.3 is 15.0 Å². The van der Waals surface area contributed by atoms with Crippen LogP contribution in [0.5, 0.6) is 0 Å². The third-order valence-electron chi connectivity index (χ3n) is 3.66. The first kappa shape index (κ1) is 11.7. The van der Waals surface area contributed by atoms with Crippen molar-refractivity contribution >= 4 is 11.8 Å². The second-order valence-corrected chi connectivity index (χ2v) is 5.71. The molecule has 2 saturated heterocycles. The molecule has 0 aromatic carbocycles. The highest BCUT2D eigenvalue weighted by Crippen LogP contribution is 2.25. The molecule has 0 amide bonds. The summed E-state index contributed by atoms with van der Waals surface area (Å²) in [5.41, 5.74) is 0. The van der Waals surface area contributed by atoms with E-state index >= 15 is 0 Å². The number of nitrogens with zero attached hydrogens (tertiary/aromatic N) is 1. The van der Waals surface area contributed by atoms with Crippen molar-refractivity contribution in [1.29, 1.82) is 0 Å². The SMILES string of the molecule is CNC(C1CCOC1)C1CSCCN1C. The van der Waals surface area contributed by atoms with Crippen LogP contribution in [0.4, 0.5) is 0 Å². The summed E-state index contributed by atoms with van der Waals surface area (Å²) in [7, 11) is 4.35. The Morgan fingerprint density at radius 2 is 2.40 bits per heavy atom. The molecular formula is C11H22N2OS. The summed E-state index contributed by atoms with van der Waals surface area (Å²) in [6.45, 7) is 3.12. The highest BCUT2D eigenvalue weighted by atomic mass is 32.2. The highest BCUT2D eigenvalue weighted by Gasteiger charge is 2.34. The molecule has 1 N–H and O–H groups in total. The Balaban J connectivity index is 1.97. The van der Waals surface area contributed by atoms with Crippen molar-refractivity contribution in [3.05, 3.63) is 0 Å². The van der Waals surface area contributed by atoms with E-state index in [0.717, 1.165) is 13.2 Å². The second kappa shape index (κ2) is 5.53. The van der Waals surface area contributed by atoms with Gasteiger partial charge in [-0.05, 0) is 20.5 Å². The predicted molar refractivity (Wildman–Crippen MR) is 65.5 cm³/mol. The van der Waals surface area contributed by atoms with Gasteiger partial charge in [-0.2, -0.15) is 11.8 Å². The molecule has 0 aromatic rings. The molecule has 0 aliphatic carbocycles. The summed E-state index contributed by atoms with van der Waals surface area (Å²) in [6, 6.07) is 1.28. The highest BCUT2D eigenvalue weighted by molar-refractivity contribution is 7.99. The smallest absolute Gasteiger partial charge is 0.0510 e. The van der Waals surface area contributed by atoms with Crippen molar-refractivity contribution in [2.45, 2.75) is 18.5 Å². The zero-order valence-corrected chi connectivity index (χ0v) is 10.6. The fourth-order valence-electron chi connectivity index (χ4n) is 2.66. The Hall–Kier alpha value is 0.230. The van der Waals surface area contributed by atoms with Gasteiger partial charge in [-0.1, -0.05) is 0 Å². The van der Waals surface area contributed by atoms with Crippen LogP contribution >= 0.6 is 11.8 Å². The summed E-state index contributed by atoms with van der Waals surface area (Å²) >= 11 is 2.09. The van der Waals surface area contributed by atoms with E-state index in [-0.39, 0.29) is 0 Å². The molecule has 2 fully saturated rings. The molecule has 0 saturated carbocycles. The van der Waals surface area contributed by atoms with Crippen LogP contribution in [0.1, 0.15) is 6.42 Å². The van der Waals surface area contributed by atoms with Gasteiger partial charge in [-0.15, -0.1) is 0 Å². The molecular weight excluding hydrogens is 208 g/mol. The minimum absolute atomic E-state index is 0.602. The normalized spacial score (nSPS) is 35.6. The number of nitrogens with one attached hydrogen (secondary N) is 1. The van der Waals surface area contributed by atoms with Crippen LogP contribution in [-0.2, 0) is 4.74 Å². The summed E-state index contributed by atoms with van der Waals surface area (Å²) in [4.78, 5) is 2.51. The number of likely N-dealkylation sites (N-methyl/N-ethyl adjacent to an activating group) is 2. The Bertz CT molecular complexity index is 197. The maximum Gasteiger partial charge on any atom is 0.0510 e. The molecule has 4 heteroatoms. The zero-order chi connectivity index (χ0) is 10.7. The fourth-order valence-corrected chi connectivity index (χ4v) is 3.95. The molecule has 3 nitrogen and oxygen atoms in total. The molecule has 3 unspecified atom stereocenters. The maximum absolute atomic E-state index is 5.50. The van der Waals surface area contributed by atoms with Gasteiger partial charge in [0.25, 0.3) is 0 Å². The average Bonchev–Trinajstić information content (AvgIpc) is 2.75. The molecule has 3 atom stereocenters. The summed E-state index contributed by atoms with van der Waals surface area (Å²) in [6.07, 6.45) is 1.22. The average molecular weight is 230 g/mol. The Labute approximate surface area is 96.9 Å². The summed E-state index contributed by atoms with van der Waals surface area (Å²) in [5, 5.41) is 3.51. The lowest BCUT2D eigenvalue weighted by molar-refractivity contribution is 0.146. The molecule has 15 heavy (non-hydrogen) atoms. The Morgan fingerprint density at radius 1 is 1.53 bits per heavy atom. The van der Waals surface area contributed by atoms with Gasteiger partial charge in [-0.3, -0.25) is 0 Å². The largest absolute Gasteiger partial charge is 0.381 e. The van der Waals surface area contributed by atoms with Crippen LogP contribution in [-0.4, -0.2) is 62.3 Å². The number of rotatable bonds is 3. The minimum Gasteiger partial charge on any atom is -0.381 e. The van der Waals surface area contributed by atoms with E-state index < -0.39 is 0 Å². The van der Waals surface area contributed by atoms with Crippen LogP contribution in [0.3, 0.4) is 0 Å². The molecule has 0 aromatic heterocycles. The first-order valence-corrected chi connectivity index (χ1v) is 7.01. The van der Waals surface area contributed by atoms with Crippen molar-refractivity contribution < 1.29 is 4.74 Å². The van der Waals surface area contributed by atoms with Crippen LogP contribution in [0.2, 0.25) is 0 Å². The van der Waals surface area contributed by atoms with Crippen molar-refractivity contribution in [3.63, 3.8) is 0 Å². The maximum atomic E-state index is 5.50. The van der Waals surface area contributed by atoms with Gasteiger partial charge in [0.15, 0.2) is 0 Å². The lowest BCUT2D eigenvalue weighted by Gasteiger charge is -2.39. The van der Waals surface area contributed by atoms with Gasteiger partial charge in [-0.25, -0.2) is 0 Å². The van der Waals surface area contributed by atoms with Gasteiger partial charge in [0.1, 0.15) is 0 Å². The first-order valence-electron chi connectivity index (χ1n) is 5.86. The van der Waals surface area contributed by atoms with Gasteiger partial charge in [0, 0.05) is 42.7 Å². The third-order valence-corrected chi connectivity index (χ3v) is 4.71. The molecule has 0 spiro atoms. The van der Waals surface area contributed by atoms with E-state index in [1.165, 1.54) is 24.5 Å². The van der Waals surface area contributed by atoms with Crippen molar-refractivity contribution in [2.75, 3.05) is 45.4 Å². The van der Waals surface area contributed by atoms with Crippen molar-refractivity contribution in [3.8, 4) is 0 Å². The van der Waals surface area contributed by atoms with Crippen molar-refractivity contribution in [2.24, 2.45) is 5.92 Å². The van der Waals surface area contributed by atoms with Crippen molar-refractivity contribution in [1.82, 2.24) is 10.2 Å². The van der Waals surface area contributed by atoms with Crippen LogP contribution in [0.25, 0.3) is 0 Å². The zero-order valence-electron chi connectivity index (χ0n) is 9.74. The summed E-state index contributed by atoms with van der Waals surface area (Å²) in [5.74, 6) is 3.25. The Kier molecular flexibility index (Phi) is 4.31. The lowest BCUT2D eigenvalue weighted by Crippen LogP contribution is -2.55. The van der Waals surface area contributed by atoms with E-state index in [2.05, 4.69) is 36.1 Å². The minimum atomic E-state index is 0.602. The molecule has 2 aliphatic rings. The van der Waals surface area contributed by atoms with E-state index in [9.17, 15) is 0 Å². The molecule has 0 radical (unpaired) electrons. The number of hydrogen-bond donors (Lipinski definition) is 1. The monoisotopic (exact) mass is 230 g/mol. The van der Waals surface area contributed by atoms with E-state index in [1.54, 1.807) is 0 Å². The van der Waals surface area contributed by atoms with E-state index in [0.29, 0.717) is 18.0 Å². The number of hydrogen-bond acceptors (Lipinski definition) is 4. The lowest BCUT2D eigenvalue weighted by atomic mass is 9.92. The van der Waals surface area contributed by atoms with Gasteiger partial charge >= 0.3 is 0 Å². The van der Waals surface area contributed by atoms with E-state index in [4.69, 9.17) is 4.74 Å². The second-order valence-electron chi connectivity index (χ2n) is 4.56. The van der Waals surface area contributed by atoms with Crippen LogP contribution in [0.15, 0.2) is 0 Å². The molecule has 88 valence electrons. The quantitative estimate of drug-likeness (QED) is 0.770. The first-order chi connectivity index (χ1) is 7.33. The third kappa shape index (κ3) is 2.67. The number of ether oxygens (including phenoxy) is 1. The Morgan fingerprint density at radius 3 is 3.00 bits per heavy atom. The van der Waals surface area contributed by atoms with Crippen LogP contribution < -0.4 is 5.32 Å². The summed E-state index contributed by atoms with van der Waals surface area (Å²) < 4.78 is 5.50. The number of thioether (sulfide) groups is 1. The molecule has 2 heterocycles. The fraction of sp³-hybridized carbons (Fsp3) is 1.00. The van der Waals surface area contributed by atoms with Gasteiger partial charge in [0.05, 0.1) is 6.61 Å². The molecule has 0 bridgehead atoms.